The highest BCUT2D eigenvalue weighted by Crippen LogP contribution is 2.33. The van der Waals surface area contributed by atoms with Crippen LogP contribution in [0.4, 0.5) is 0 Å². The molecule has 4 heteroatoms. The molecule has 16 heavy (non-hydrogen) atoms. The van der Waals surface area contributed by atoms with E-state index in [-0.39, 0.29) is 5.41 Å². The fraction of sp³-hybridized carbons (Fsp3) is 0.750. The highest BCUT2D eigenvalue weighted by Gasteiger charge is 2.33. The van der Waals surface area contributed by atoms with E-state index in [0.29, 0.717) is 0 Å². The molecule has 1 unspecified atom stereocenters. The third-order valence-corrected chi connectivity index (χ3v) is 4.09. The molecule has 0 aliphatic carbocycles. The molecule has 0 saturated carbocycles. The second kappa shape index (κ2) is 5.25. The number of nitrogens with one attached hydrogen (secondary N) is 1. The number of aryl methyl sites for hydroxylation is 1. The van der Waals surface area contributed by atoms with Gasteiger partial charge in [0, 0.05) is 29.6 Å². The first-order chi connectivity index (χ1) is 7.74. The van der Waals surface area contributed by atoms with Crippen molar-refractivity contribution >= 4 is 11.3 Å². The molecular formula is C12H20N2OS. The lowest BCUT2D eigenvalue weighted by atomic mass is 9.79. The summed E-state index contributed by atoms with van der Waals surface area (Å²) in [6, 6.07) is 0. The molecule has 1 aromatic rings. The lowest BCUT2D eigenvalue weighted by Gasteiger charge is -2.36. The molecule has 0 bridgehead atoms. The first-order valence-electron chi connectivity index (χ1n) is 5.88. The molecule has 1 aromatic heterocycles. The van der Waals surface area contributed by atoms with E-state index in [1.54, 1.807) is 0 Å². The Labute approximate surface area is 101 Å². The largest absolute Gasteiger partial charge is 0.381 e. The average molecular weight is 240 g/mol. The Morgan fingerprint density at radius 2 is 2.50 bits per heavy atom. The normalized spacial score (nSPS) is 25.9. The van der Waals surface area contributed by atoms with Gasteiger partial charge in [-0.3, -0.25) is 0 Å². The summed E-state index contributed by atoms with van der Waals surface area (Å²) in [6.45, 7) is 4.90. The second-order valence-corrected chi connectivity index (χ2v) is 6.03. The molecule has 2 heterocycles. The standard InChI is InChI=1S/C12H20N2OS/c1-10-14-7-11(16-10)6-12(8-13-2)4-3-5-15-9-12/h7,13H,3-6,8-9H2,1-2H3. The van der Waals surface area contributed by atoms with Crippen LogP contribution < -0.4 is 5.32 Å². The highest BCUT2D eigenvalue weighted by molar-refractivity contribution is 7.11. The Balaban J connectivity index is 2.06. The summed E-state index contributed by atoms with van der Waals surface area (Å²) >= 11 is 1.81. The summed E-state index contributed by atoms with van der Waals surface area (Å²) in [7, 11) is 2.02. The number of rotatable bonds is 4. The van der Waals surface area contributed by atoms with Crippen LogP contribution in [0.5, 0.6) is 0 Å². The van der Waals surface area contributed by atoms with E-state index in [1.807, 2.05) is 24.6 Å². The number of thiazole rings is 1. The van der Waals surface area contributed by atoms with Gasteiger partial charge in [-0.2, -0.15) is 0 Å². The summed E-state index contributed by atoms with van der Waals surface area (Å²) in [5.74, 6) is 0. The Kier molecular flexibility index (Phi) is 3.95. The molecule has 1 atom stereocenters. The van der Waals surface area contributed by atoms with E-state index in [4.69, 9.17) is 4.74 Å². The van der Waals surface area contributed by atoms with Gasteiger partial charge in [0.05, 0.1) is 11.6 Å². The first-order valence-corrected chi connectivity index (χ1v) is 6.69. The van der Waals surface area contributed by atoms with Gasteiger partial charge in [-0.05, 0) is 33.2 Å². The lowest BCUT2D eigenvalue weighted by Crippen LogP contribution is -2.41. The van der Waals surface area contributed by atoms with Crippen molar-refractivity contribution < 1.29 is 4.74 Å². The smallest absolute Gasteiger partial charge is 0.0896 e. The Bertz CT molecular complexity index is 326. The number of nitrogens with zero attached hydrogens (tertiary/aromatic N) is 1. The molecular weight excluding hydrogens is 220 g/mol. The quantitative estimate of drug-likeness (QED) is 0.874. The molecule has 0 radical (unpaired) electrons. The van der Waals surface area contributed by atoms with Gasteiger partial charge in [-0.25, -0.2) is 4.98 Å². The van der Waals surface area contributed by atoms with E-state index in [9.17, 15) is 0 Å². The van der Waals surface area contributed by atoms with Crippen LogP contribution in [0.3, 0.4) is 0 Å². The topological polar surface area (TPSA) is 34.2 Å². The minimum Gasteiger partial charge on any atom is -0.381 e. The zero-order valence-electron chi connectivity index (χ0n) is 10.1. The van der Waals surface area contributed by atoms with E-state index < -0.39 is 0 Å². The third-order valence-electron chi connectivity index (χ3n) is 3.17. The maximum atomic E-state index is 5.66. The number of hydrogen-bond acceptors (Lipinski definition) is 4. The van der Waals surface area contributed by atoms with Gasteiger partial charge in [0.1, 0.15) is 0 Å². The van der Waals surface area contributed by atoms with E-state index in [2.05, 4.69) is 17.2 Å². The van der Waals surface area contributed by atoms with Gasteiger partial charge < -0.3 is 10.1 Å². The van der Waals surface area contributed by atoms with Crippen LogP contribution in [0.2, 0.25) is 0 Å². The predicted molar refractivity (Wildman–Crippen MR) is 67.0 cm³/mol. The lowest BCUT2D eigenvalue weighted by molar-refractivity contribution is -0.00584. The van der Waals surface area contributed by atoms with Gasteiger partial charge in [0.15, 0.2) is 0 Å². The molecule has 0 aromatic carbocycles. The van der Waals surface area contributed by atoms with Crippen LogP contribution in [0.1, 0.15) is 22.7 Å². The minimum atomic E-state index is 0.284. The maximum Gasteiger partial charge on any atom is 0.0896 e. The van der Waals surface area contributed by atoms with Crippen molar-refractivity contribution in [1.82, 2.24) is 10.3 Å². The summed E-state index contributed by atoms with van der Waals surface area (Å²) in [5, 5.41) is 4.47. The van der Waals surface area contributed by atoms with Crippen molar-refractivity contribution in [2.45, 2.75) is 26.2 Å². The SMILES string of the molecule is CNCC1(Cc2cnc(C)s2)CCCOC1. The van der Waals surface area contributed by atoms with Crippen molar-refractivity contribution in [2.24, 2.45) is 5.41 Å². The van der Waals surface area contributed by atoms with Crippen LogP contribution in [-0.4, -0.2) is 31.8 Å². The van der Waals surface area contributed by atoms with Crippen molar-refractivity contribution in [3.05, 3.63) is 16.1 Å². The van der Waals surface area contributed by atoms with Gasteiger partial charge in [0.25, 0.3) is 0 Å². The number of aromatic nitrogens is 1. The molecule has 3 nitrogen and oxygen atoms in total. The molecule has 90 valence electrons. The van der Waals surface area contributed by atoms with Crippen molar-refractivity contribution in [2.75, 3.05) is 26.8 Å². The van der Waals surface area contributed by atoms with Crippen LogP contribution in [0.25, 0.3) is 0 Å². The van der Waals surface area contributed by atoms with E-state index >= 15 is 0 Å². The highest BCUT2D eigenvalue weighted by atomic mass is 32.1. The van der Waals surface area contributed by atoms with E-state index in [1.165, 1.54) is 17.7 Å². The zero-order chi connectivity index (χ0) is 11.4. The third kappa shape index (κ3) is 2.81. The Morgan fingerprint density at radius 3 is 3.06 bits per heavy atom. The fourth-order valence-electron chi connectivity index (χ4n) is 2.48. The van der Waals surface area contributed by atoms with Gasteiger partial charge in [0.2, 0.25) is 0 Å². The monoisotopic (exact) mass is 240 g/mol. The van der Waals surface area contributed by atoms with E-state index in [0.717, 1.165) is 31.2 Å². The van der Waals surface area contributed by atoms with Gasteiger partial charge in [-0.1, -0.05) is 0 Å². The minimum absolute atomic E-state index is 0.284. The molecule has 1 saturated heterocycles. The summed E-state index contributed by atoms with van der Waals surface area (Å²) in [5.41, 5.74) is 0.284. The first kappa shape index (κ1) is 12.0. The van der Waals surface area contributed by atoms with Crippen LogP contribution in [0, 0.1) is 12.3 Å². The summed E-state index contributed by atoms with van der Waals surface area (Å²) < 4.78 is 5.66. The van der Waals surface area contributed by atoms with Crippen LogP contribution >= 0.6 is 11.3 Å². The predicted octanol–water partition coefficient (Wildman–Crippen LogP) is 2.01. The molecule has 1 fully saturated rings. The van der Waals surface area contributed by atoms with Crippen molar-refractivity contribution in [3.63, 3.8) is 0 Å². The second-order valence-electron chi connectivity index (χ2n) is 4.71. The summed E-state index contributed by atoms with van der Waals surface area (Å²) in [4.78, 5) is 5.72. The summed E-state index contributed by atoms with van der Waals surface area (Å²) in [6.07, 6.45) is 5.55. The Hall–Kier alpha value is -0.450. The van der Waals surface area contributed by atoms with Crippen molar-refractivity contribution in [3.8, 4) is 0 Å². The average Bonchev–Trinajstić information content (AvgIpc) is 2.65. The molecule has 1 aliphatic heterocycles. The molecule has 1 N–H and O–H groups in total. The molecule has 2 rings (SSSR count). The maximum absolute atomic E-state index is 5.66. The number of ether oxygens (including phenoxy) is 1. The van der Waals surface area contributed by atoms with Crippen molar-refractivity contribution in [1.29, 1.82) is 0 Å². The van der Waals surface area contributed by atoms with Crippen LogP contribution in [-0.2, 0) is 11.2 Å². The molecule has 0 spiro atoms. The fourth-order valence-corrected chi connectivity index (χ4v) is 3.45. The molecule has 0 amide bonds. The van der Waals surface area contributed by atoms with Gasteiger partial charge in [-0.15, -0.1) is 11.3 Å². The van der Waals surface area contributed by atoms with Crippen LogP contribution in [0.15, 0.2) is 6.20 Å². The molecule has 1 aliphatic rings. The van der Waals surface area contributed by atoms with Gasteiger partial charge >= 0.3 is 0 Å². The zero-order valence-corrected chi connectivity index (χ0v) is 10.9. The Morgan fingerprint density at radius 1 is 1.62 bits per heavy atom. The number of hydrogen-bond donors (Lipinski definition) is 1.